The third kappa shape index (κ3) is 3.29. The lowest BCUT2D eigenvalue weighted by atomic mass is 10.0. The Kier molecular flexibility index (Phi) is 4.28. The average molecular weight is 300 g/mol. The van der Waals surface area contributed by atoms with Crippen LogP contribution in [0.5, 0.6) is 0 Å². The SMILES string of the molecule is C#CCN1CCC(Nc2cc(Cl)cc3cccnc23)CC1. The number of fused-ring (bicyclic) bond motifs is 1. The molecule has 0 radical (unpaired) electrons. The number of hydrogen-bond acceptors (Lipinski definition) is 3. The molecule has 1 saturated heterocycles. The number of anilines is 1. The van der Waals surface area contributed by atoms with Gasteiger partial charge in [0.15, 0.2) is 0 Å². The van der Waals surface area contributed by atoms with Crippen molar-refractivity contribution in [3.8, 4) is 12.3 Å². The molecule has 4 heteroatoms. The first kappa shape index (κ1) is 14.2. The van der Waals surface area contributed by atoms with Crippen molar-refractivity contribution in [3.63, 3.8) is 0 Å². The molecular formula is C17H18ClN3. The number of aromatic nitrogens is 1. The van der Waals surface area contributed by atoms with Crippen molar-refractivity contribution in [2.75, 3.05) is 25.0 Å². The van der Waals surface area contributed by atoms with Gasteiger partial charge in [0, 0.05) is 35.7 Å². The molecule has 0 amide bonds. The lowest BCUT2D eigenvalue weighted by molar-refractivity contribution is 0.243. The molecule has 0 atom stereocenters. The number of terminal acetylenes is 1. The molecular weight excluding hydrogens is 282 g/mol. The van der Waals surface area contributed by atoms with E-state index in [1.54, 1.807) is 0 Å². The molecule has 2 heterocycles. The van der Waals surface area contributed by atoms with E-state index in [0.29, 0.717) is 6.04 Å². The van der Waals surface area contributed by atoms with Crippen LogP contribution in [0.3, 0.4) is 0 Å². The molecule has 3 nitrogen and oxygen atoms in total. The maximum atomic E-state index is 6.21. The van der Waals surface area contributed by atoms with Crippen molar-refractivity contribution in [2.24, 2.45) is 0 Å². The van der Waals surface area contributed by atoms with Gasteiger partial charge in [-0.15, -0.1) is 6.42 Å². The van der Waals surface area contributed by atoms with Crippen LogP contribution in [0.2, 0.25) is 5.02 Å². The van der Waals surface area contributed by atoms with E-state index in [0.717, 1.165) is 54.1 Å². The molecule has 0 aliphatic carbocycles. The van der Waals surface area contributed by atoms with Gasteiger partial charge in [0.25, 0.3) is 0 Å². The Balaban J connectivity index is 1.75. The van der Waals surface area contributed by atoms with Gasteiger partial charge in [0.05, 0.1) is 17.7 Å². The smallest absolute Gasteiger partial charge is 0.0934 e. The minimum Gasteiger partial charge on any atom is -0.380 e. The van der Waals surface area contributed by atoms with Crippen LogP contribution in [-0.4, -0.2) is 35.6 Å². The van der Waals surface area contributed by atoms with E-state index in [9.17, 15) is 0 Å². The van der Waals surface area contributed by atoms with Crippen molar-refractivity contribution in [1.29, 1.82) is 0 Å². The fourth-order valence-corrected chi connectivity index (χ4v) is 3.08. The Labute approximate surface area is 130 Å². The van der Waals surface area contributed by atoms with Gasteiger partial charge in [-0.25, -0.2) is 0 Å². The topological polar surface area (TPSA) is 28.2 Å². The van der Waals surface area contributed by atoms with Crippen molar-refractivity contribution < 1.29 is 0 Å². The number of likely N-dealkylation sites (tertiary alicyclic amines) is 1. The zero-order valence-corrected chi connectivity index (χ0v) is 12.6. The molecule has 0 unspecified atom stereocenters. The van der Waals surface area contributed by atoms with Crippen LogP contribution in [0.15, 0.2) is 30.5 Å². The number of piperidine rings is 1. The van der Waals surface area contributed by atoms with Crippen molar-refractivity contribution >= 4 is 28.2 Å². The molecule has 1 aromatic heterocycles. The Morgan fingerprint density at radius 2 is 2.19 bits per heavy atom. The summed E-state index contributed by atoms with van der Waals surface area (Å²) >= 11 is 6.21. The third-order valence-corrected chi connectivity index (χ3v) is 4.15. The van der Waals surface area contributed by atoms with Crippen LogP contribution >= 0.6 is 11.6 Å². The molecule has 108 valence electrons. The quantitative estimate of drug-likeness (QED) is 0.881. The van der Waals surface area contributed by atoms with Gasteiger partial charge in [0.2, 0.25) is 0 Å². The highest BCUT2D eigenvalue weighted by atomic mass is 35.5. The van der Waals surface area contributed by atoms with Crippen molar-refractivity contribution in [3.05, 3.63) is 35.5 Å². The second kappa shape index (κ2) is 6.34. The minimum absolute atomic E-state index is 0.447. The average Bonchev–Trinajstić information content (AvgIpc) is 2.49. The zero-order valence-electron chi connectivity index (χ0n) is 11.8. The molecule has 21 heavy (non-hydrogen) atoms. The standard InChI is InChI=1S/C17H18ClN3/c1-2-8-21-9-5-15(6-10-21)20-16-12-14(18)11-13-4-3-7-19-17(13)16/h1,3-4,7,11-12,15,20H,5-6,8-10H2. The van der Waals surface area contributed by atoms with Gasteiger partial charge in [-0.05, 0) is 31.0 Å². The summed E-state index contributed by atoms with van der Waals surface area (Å²) in [7, 11) is 0. The van der Waals surface area contributed by atoms with Crippen molar-refractivity contribution in [1.82, 2.24) is 9.88 Å². The lowest BCUT2D eigenvalue weighted by Crippen LogP contribution is -2.39. The van der Waals surface area contributed by atoms with E-state index < -0.39 is 0 Å². The van der Waals surface area contributed by atoms with Crippen LogP contribution in [-0.2, 0) is 0 Å². The number of halogens is 1. The molecule has 2 aromatic rings. The second-order valence-corrected chi connectivity index (χ2v) is 5.86. The van der Waals surface area contributed by atoms with Gasteiger partial charge in [-0.1, -0.05) is 23.6 Å². The summed E-state index contributed by atoms with van der Waals surface area (Å²) in [5.41, 5.74) is 2.00. The molecule has 3 rings (SSSR count). The van der Waals surface area contributed by atoms with Crippen LogP contribution in [0.25, 0.3) is 10.9 Å². The summed E-state index contributed by atoms with van der Waals surface area (Å²) < 4.78 is 0. The van der Waals surface area contributed by atoms with Crippen LogP contribution in [0.1, 0.15) is 12.8 Å². The molecule has 1 aromatic carbocycles. The fourth-order valence-electron chi connectivity index (χ4n) is 2.85. The summed E-state index contributed by atoms with van der Waals surface area (Å²) in [6, 6.07) is 8.33. The molecule has 1 N–H and O–H groups in total. The van der Waals surface area contributed by atoms with E-state index in [-0.39, 0.29) is 0 Å². The summed E-state index contributed by atoms with van der Waals surface area (Å²) in [5, 5.41) is 5.41. The normalized spacial score (nSPS) is 16.8. The maximum absolute atomic E-state index is 6.21. The Hall–Kier alpha value is -1.76. The molecule has 1 aliphatic heterocycles. The first-order chi connectivity index (χ1) is 10.3. The summed E-state index contributed by atoms with van der Waals surface area (Å²) in [6.07, 6.45) is 9.35. The highest BCUT2D eigenvalue weighted by Crippen LogP contribution is 2.28. The number of pyridine rings is 1. The van der Waals surface area contributed by atoms with Gasteiger partial charge < -0.3 is 5.32 Å². The highest BCUT2D eigenvalue weighted by Gasteiger charge is 2.19. The molecule has 0 saturated carbocycles. The van der Waals surface area contributed by atoms with E-state index in [4.69, 9.17) is 18.0 Å². The first-order valence-corrected chi connectivity index (χ1v) is 7.60. The molecule has 1 aliphatic rings. The largest absolute Gasteiger partial charge is 0.380 e. The maximum Gasteiger partial charge on any atom is 0.0934 e. The second-order valence-electron chi connectivity index (χ2n) is 5.43. The summed E-state index contributed by atoms with van der Waals surface area (Å²) in [6.45, 7) is 2.82. The fraction of sp³-hybridized carbons (Fsp3) is 0.353. The highest BCUT2D eigenvalue weighted by molar-refractivity contribution is 6.31. The molecule has 1 fully saturated rings. The summed E-state index contributed by atoms with van der Waals surface area (Å²) in [5.74, 6) is 2.71. The Morgan fingerprint density at radius 3 is 2.95 bits per heavy atom. The van der Waals surface area contributed by atoms with Crippen LogP contribution < -0.4 is 5.32 Å². The first-order valence-electron chi connectivity index (χ1n) is 7.23. The van der Waals surface area contributed by atoms with E-state index >= 15 is 0 Å². The number of hydrogen-bond donors (Lipinski definition) is 1. The van der Waals surface area contributed by atoms with Crippen molar-refractivity contribution in [2.45, 2.75) is 18.9 Å². The summed E-state index contributed by atoms with van der Waals surface area (Å²) in [4.78, 5) is 6.79. The predicted octanol–water partition coefficient (Wildman–Crippen LogP) is 3.40. The lowest BCUT2D eigenvalue weighted by Gasteiger charge is -2.31. The van der Waals surface area contributed by atoms with Crippen LogP contribution in [0.4, 0.5) is 5.69 Å². The Morgan fingerprint density at radius 1 is 1.38 bits per heavy atom. The van der Waals surface area contributed by atoms with Gasteiger partial charge in [-0.3, -0.25) is 9.88 Å². The van der Waals surface area contributed by atoms with Crippen LogP contribution in [0, 0.1) is 12.3 Å². The number of rotatable bonds is 3. The predicted molar refractivity (Wildman–Crippen MR) is 88.7 cm³/mol. The van der Waals surface area contributed by atoms with Gasteiger partial charge >= 0.3 is 0 Å². The van der Waals surface area contributed by atoms with Gasteiger partial charge in [0.1, 0.15) is 0 Å². The number of nitrogens with one attached hydrogen (secondary N) is 1. The number of nitrogens with zero attached hydrogens (tertiary/aromatic N) is 2. The zero-order chi connectivity index (χ0) is 14.7. The Bertz CT molecular complexity index is 669. The minimum atomic E-state index is 0.447. The molecule has 0 spiro atoms. The van der Waals surface area contributed by atoms with Gasteiger partial charge in [-0.2, -0.15) is 0 Å². The monoisotopic (exact) mass is 299 g/mol. The third-order valence-electron chi connectivity index (χ3n) is 3.93. The van der Waals surface area contributed by atoms with E-state index in [1.165, 1.54) is 0 Å². The van der Waals surface area contributed by atoms with E-state index in [2.05, 4.69) is 21.1 Å². The molecule has 0 bridgehead atoms. The van der Waals surface area contributed by atoms with E-state index in [1.807, 2.05) is 30.5 Å². The number of benzene rings is 1.